The summed E-state index contributed by atoms with van der Waals surface area (Å²) in [4.78, 5) is 4.82. The summed E-state index contributed by atoms with van der Waals surface area (Å²) in [6, 6.07) is 22.4. The Morgan fingerprint density at radius 2 is 1.60 bits per heavy atom. The molecule has 1 N–H and O–H groups in total. The molecular formula is C21H22BClN2. The van der Waals surface area contributed by atoms with Crippen molar-refractivity contribution in [2.24, 2.45) is 0 Å². The maximum absolute atomic E-state index is 6.25. The van der Waals surface area contributed by atoms with Crippen LogP contribution in [0.5, 0.6) is 0 Å². The maximum Gasteiger partial charge on any atom is 0.176 e. The summed E-state index contributed by atoms with van der Waals surface area (Å²) < 4.78 is 0. The molecule has 0 amide bonds. The fraction of sp³-hybridized carbons (Fsp3) is 0.190. The monoisotopic (exact) mass is 348 g/mol. The van der Waals surface area contributed by atoms with E-state index in [9.17, 15) is 0 Å². The molecule has 25 heavy (non-hydrogen) atoms. The van der Waals surface area contributed by atoms with E-state index in [1.54, 1.807) is 0 Å². The van der Waals surface area contributed by atoms with Crippen LogP contribution >= 0.6 is 11.6 Å². The van der Waals surface area contributed by atoms with Gasteiger partial charge in [0.05, 0.1) is 16.4 Å². The zero-order valence-corrected chi connectivity index (χ0v) is 15.4. The first-order chi connectivity index (χ1) is 12.2. The quantitative estimate of drug-likeness (QED) is 0.562. The van der Waals surface area contributed by atoms with Gasteiger partial charge in [-0.3, -0.25) is 0 Å². The van der Waals surface area contributed by atoms with E-state index in [2.05, 4.69) is 49.5 Å². The fourth-order valence-electron chi connectivity index (χ4n) is 3.17. The van der Waals surface area contributed by atoms with Gasteiger partial charge in [0.25, 0.3) is 0 Å². The van der Waals surface area contributed by atoms with Gasteiger partial charge in [-0.15, -0.1) is 0 Å². The van der Waals surface area contributed by atoms with E-state index in [-0.39, 0.29) is 0 Å². The fourth-order valence-corrected chi connectivity index (χ4v) is 3.35. The lowest BCUT2D eigenvalue weighted by Crippen LogP contribution is -2.30. The molecule has 2 aromatic carbocycles. The third-order valence-corrected chi connectivity index (χ3v) is 4.88. The summed E-state index contributed by atoms with van der Waals surface area (Å²) in [5.41, 5.74) is 4.43. The molecule has 0 saturated carbocycles. The Morgan fingerprint density at radius 1 is 0.880 bits per heavy atom. The van der Waals surface area contributed by atoms with Gasteiger partial charge < -0.3 is 5.32 Å². The lowest BCUT2D eigenvalue weighted by atomic mass is 9.40. The first-order valence-electron chi connectivity index (χ1n) is 8.80. The molecule has 2 nitrogen and oxygen atoms in total. The van der Waals surface area contributed by atoms with Crippen molar-refractivity contribution in [3.05, 3.63) is 71.8 Å². The van der Waals surface area contributed by atoms with Crippen LogP contribution in [-0.2, 0) is 0 Å². The number of pyridine rings is 1. The third kappa shape index (κ3) is 4.05. The zero-order chi connectivity index (χ0) is 17.6. The number of halogens is 1. The van der Waals surface area contributed by atoms with Crippen LogP contribution in [0.4, 0.5) is 11.5 Å². The van der Waals surface area contributed by atoms with Crippen molar-refractivity contribution in [3.63, 3.8) is 0 Å². The molecular weight excluding hydrogens is 327 g/mol. The Kier molecular flexibility index (Phi) is 5.77. The van der Waals surface area contributed by atoms with Gasteiger partial charge in [-0.05, 0) is 29.8 Å². The summed E-state index contributed by atoms with van der Waals surface area (Å²) in [6.45, 7) is 5.04. The third-order valence-electron chi connectivity index (χ3n) is 4.55. The van der Waals surface area contributed by atoms with Crippen molar-refractivity contribution >= 4 is 35.3 Å². The molecule has 1 heterocycles. The van der Waals surface area contributed by atoms with E-state index in [4.69, 9.17) is 16.6 Å². The first kappa shape index (κ1) is 17.6. The highest BCUT2D eigenvalue weighted by Gasteiger charge is 2.16. The van der Waals surface area contributed by atoms with Gasteiger partial charge in [0.15, 0.2) is 6.71 Å². The maximum atomic E-state index is 6.25. The summed E-state index contributed by atoms with van der Waals surface area (Å²) in [5.74, 6) is 0.796. The van der Waals surface area contributed by atoms with E-state index >= 15 is 0 Å². The van der Waals surface area contributed by atoms with E-state index in [1.807, 2.05) is 36.4 Å². The smallest absolute Gasteiger partial charge is 0.176 e. The molecule has 0 fully saturated rings. The number of benzene rings is 2. The zero-order valence-electron chi connectivity index (χ0n) is 14.7. The molecule has 0 aliphatic heterocycles. The van der Waals surface area contributed by atoms with Crippen LogP contribution < -0.4 is 10.8 Å². The summed E-state index contributed by atoms with van der Waals surface area (Å²) in [7, 11) is 0. The van der Waals surface area contributed by atoms with E-state index in [0.29, 0.717) is 11.7 Å². The first-order valence-corrected chi connectivity index (χ1v) is 9.18. The Labute approximate surface area is 155 Å². The minimum atomic E-state index is 0.554. The average molecular weight is 349 g/mol. The van der Waals surface area contributed by atoms with Gasteiger partial charge >= 0.3 is 0 Å². The van der Waals surface area contributed by atoms with Crippen molar-refractivity contribution in [3.8, 4) is 11.3 Å². The molecule has 3 aromatic rings. The molecule has 0 radical (unpaired) electrons. The number of nitrogens with one attached hydrogen (secondary N) is 1. The standard InChI is InChI=1S/C21H22BClN2/c1-3-22(4-2)17-11-6-5-10-16(17)19-14-9-15-21(24-19)25-20-13-8-7-12-18(20)23/h5-15H,3-4H2,1-2H3,(H,24,25). The average Bonchev–Trinajstić information content (AvgIpc) is 2.65. The second kappa shape index (κ2) is 8.22. The van der Waals surface area contributed by atoms with Gasteiger partial charge in [-0.2, -0.15) is 0 Å². The number of rotatable bonds is 6. The predicted molar refractivity (Wildman–Crippen MR) is 111 cm³/mol. The van der Waals surface area contributed by atoms with Crippen molar-refractivity contribution in [1.82, 2.24) is 4.98 Å². The largest absolute Gasteiger partial charge is 0.339 e. The summed E-state index contributed by atoms with van der Waals surface area (Å²) in [6.07, 6.45) is 2.26. The highest BCUT2D eigenvalue weighted by Crippen LogP contribution is 2.25. The summed E-state index contributed by atoms with van der Waals surface area (Å²) >= 11 is 6.25. The predicted octanol–water partition coefficient (Wildman–Crippen LogP) is 5.89. The Bertz CT molecular complexity index is 847. The van der Waals surface area contributed by atoms with Gasteiger partial charge in [0, 0.05) is 0 Å². The van der Waals surface area contributed by atoms with Crippen LogP contribution in [0, 0.1) is 0 Å². The molecule has 0 aliphatic carbocycles. The minimum absolute atomic E-state index is 0.554. The molecule has 3 rings (SSSR count). The second-order valence-corrected chi connectivity index (χ2v) is 6.52. The SMILES string of the molecule is CCB(CC)c1ccccc1-c1cccc(Nc2ccccc2Cl)n1. The van der Waals surface area contributed by atoms with Crippen LogP contribution in [0.25, 0.3) is 11.3 Å². The van der Waals surface area contributed by atoms with E-state index in [1.165, 1.54) is 11.0 Å². The number of aromatic nitrogens is 1. The molecule has 4 heteroatoms. The number of hydrogen-bond donors (Lipinski definition) is 1. The molecule has 0 saturated heterocycles. The van der Waals surface area contributed by atoms with Gasteiger partial charge in [-0.1, -0.05) is 86.0 Å². The topological polar surface area (TPSA) is 24.9 Å². The Balaban J connectivity index is 1.96. The minimum Gasteiger partial charge on any atom is -0.339 e. The lowest BCUT2D eigenvalue weighted by molar-refractivity contribution is 1.30. The van der Waals surface area contributed by atoms with E-state index < -0.39 is 0 Å². The molecule has 1 aromatic heterocycles. The van der Waals surface area contributed by atoms with Crippen molar-refractivity contribution in [2.45, 2.75) is 26.5 Å². The van der Waals surface area contributed by atoms with Gasteiger partial charge in [-0.25, -0.2) is 4.98 Å². The Hall–Kier alpha value is -2.26. The molecule has 0 aliphatic rings. The van der Waals surface area contributed by atoms with Crippen LogP contribution in [0.3, 0.4) is 0 Å². The number of anilines is 2. The number of nitrogens with zero attached hydrogens (tertiary/aromatic N) is 1. The Morgan fingerprint density at radius 3 is 2.36 bits per heavy atom. The van der Waals surface area contributed by atoms with Gasteiger partial charge in [0.2, 0.25) is 0 Å². The lowest BCUT2D eigenvalue weighted by Gasteiger charge is -2.15. The second-order valence-electron chi connectivity index (χ2n) is 6.11. The van der Waals surface area contributed by atoms with Crippen molar-refractivity contribution in [2.75, 3.05) is 5.32 Å². The molecule has 0 bridgehead atoms. The van der Waals surface area contributed by atoms with Crippen LogP contribution in [-0.4, -0.2) is 11.7 Å². The summed E-state index contributed by atoms with van der Waals surface area (Å²) in [5, 5.41) is 4.00. The van der Waals surface area contributed by atoms with E-state index in [0.717, 1.165) is 29.8 Å². The normalized spacial score (nSPS) is 10.5. The molecule has 0 atom stereocenters. The van der Waals surface area contributed by atoms with Crippen LogP contribution in [0.1, 0.15) is 13.8 Å². The molecule has 126 valence electrons. The molecule has 0 unspecified atom stereocenters. The number of hydrogen-bond acceptors (Lipinski definition) is 2. The number of para-hydroxylation sites is 1. The van der Waals surface area contributed by atoms with Crippen LogP contribution in [0.2, 0.25) is 17.7 Å². The van der Waals surface area contributed by atoms with Crippen LogP contribution in [0.15, 0.2) is 66.7 Å². The van der Waals surface area contributed by atoms with Crippen molar-refractivity contribution in [1.29, 1.82) is 0 Å². The van der Waals surface area contributed by atoms with Gasteiger partial charge in [0.1, 0.15) is 5.82 Å². The highest BCUT2D eigenvalue weighted by molar-refractivity contribution is 6.74. The highest BCUT2D eigenvalue weighted by atomic mass is 35.5. The van der Waals surface area contributed by atoms with Crippen molar-refractivity contribution < 1.29 is 0 Å². The molecule has 0 spiro atoms.